The fourth-order valence-corrected chi connectivity index (χ4v) is 5.56. The van der Waals surface area contributed by atoms with Crippen LogP contribution in [0.1, 0.15) is 31.7 Å². The number of likely N-dealkylation sites (tertiary alicyclic amines) is 1. The van der Waals surface area contributed by atoms with Gasteiger partial charge in [-0.15, -0.1) is 0 Å². The van der Waals surface area contributed by atoms with Crippen molar-refractivity contribution in [3.05, 3.63) is 30.2 Å². The molecule has 1 saturated carbocycles. The molecule has 3 aliphatic rings. The maximum absolute atomic E-state index is 11.9. The third-order valence-corrected chi connectivity index (χ3v) is 7.17. The number of carbonyl (C=O) groups excluding carboxylic acids is 1. The molecule has 1 unspecified atom stereocenters. The molecule has 0 aromatic carbocycles. The van der Waals surface area contributed by atoms with E-state index in [0.717, 1.165) is 61.9 Å². The van der Waals surface area contributed by atoms with Crippen molar-refractivity contribution in [2.24, 2.45) is 5.41 Å². The number of hydrogen-bond donors (Lipinski definition) is 0. The minimum atomic E-state index is -0.154. The summed E-state index contributed by atoms with van der Waals surface area (Å²) in [6, 6.07) is 4.65. The Morgan fingerprint density at radius 1 is 1.29 bits per heavy atom. The smallest absolute Gasteiger partial charge is 0.409 e. The molecule has 1 aliphatic carbocycles. The molecule has 1 atom stereocenters. The maximum Gasteiger partial charge on any atom is 0.409 e. The Hall–Kier alpha value is -2.61. The van der Waals surface area contributed by atoms with E-state index in [-0.39, 0.29) is 6.09 Å². The minimum Gasteiger partial charge on any atom is -0.450 e. The van der Waals surface area contributed by atoms with Crippen LogP contribution in [0.15, 0.2) is 29.1 Å². The van der Waals surface area contributed by atoms with Crippen molar-refractivity contribution in [1.82, 2.24) is 19.9 Å². The van der Waals surface area contributed by atoms with Gasteiger partial charge in [-0.2, -0.15) is 0 Å². The van der Waals surface area contributed by atoms with Crippen LogP contribution in [-0.4, -0.2) is 78.0 Å². The summed E-state index contributed by atoms with van der Waals surface area (Å²) >= 11 is 0. The van der Waals surface area contributed by atoms with E-state index in [1.165, 1.54) is 19.3 Å². The van der Waals surface area contributed by atoms with Gasteiger partial charge in [-0.05, 0) is 45.2 Å². The van der Waals surface area contributed by atoms with Crippen molar-refractivity contribution in [3.63, 3.8) is 0 Å². The number of nitrogens with zero attached hydrogens (tertiary/aromatic N) is 5. The molecule has 2 aromatic rings. The zero-order chi connectivity index (χ0) is 21.4. The molecule has 166 valence electrons. The zero-order valence-electron chi connectivity index (χ0n) is 18.4. The molecule has 0 radical (unpaired) electrons. The summed E-state index contributed by atoms with van der Waals surface area (Å²) < 4.78 is 10.3. The average Bonchev–Trinajstić information content (AvgIpc) is 3.40. The lowest BCUT2D eigenvalue weighted by atomic mass is 9.78. The van der Waals surface area contributed by atoms with Gasteiger partial charge in [-0.3, -0.25) is 4.90 Å². The van der Waals surface area contributed by atoms with Gasteiger partial charge in [0.25, 0.3) is 0 Å². The van der Waals surface area contributed by atoms with Gasteiger partial charge in [-0.25, -0.2) is 9.78 Å². The number of ether oxygens (including phenoxy) is 1. The van der Waals surface area contributed by atoms with E-state index in [4.69, 9.17) is 9.26 Å². The summed E-state index contributed by atoms with van der Waals surface area (Å²) in [5, 5.41) is 4.19. The molecule has 3 fully saturated rings. The molecule has 0 N–H and O–H groups in total. The van der Waals surface area contributed by atoms with Crippen molar-refractivity contribution in [2.75, 3.05) is 50.8 Å². The number of amides is 1. The van der Waals surface area contributed by atoms with Crippen LogP contribution < -0.4 is 4.90 Å². The molecule has 2 aliphatic heterocycles. The first-order chi connectivity index (χ1) is 15.1. The van der Waals surface area contributed by atoms with Crippen molar-refractivity contribution >= 4 is 11.9 Å². The van der Waals surface area contributed by atoms with Gasteiger partial charge in [0.15, 0.2) is 0 Å². The molecule has 2 aromatic heterocycles. The first-order valence-corrected chi connectivity index (χ1v) is 11.4. The Labute approximate surface area is 183 Å². The van der Waals surface area contributed by atoms with E-state index in [9.17, 15) is 4.79 Å². The highest BCUT2D eigenvalue weighted by Crippen LogP contribution is 2.47. The molecule has 8 nitrogen and oxygen atoms in total. The van der Waals surface area contributed by atoms with Gasteiger partial charge in [0.2, 0.25) is 0 Å². The maximum atomic E-state index is 11.9. The second-order valence-electron chi connectivity index (χ2n) is 9.20. The highest BCUT2D eigenvalue weighted by atomic mass is 16.6. The first kappa shape index (κ1) is 20.3. The molecular formula is C23H31N5O3. The molecule has 0 bridgehead atoms. The number of aryl methyl sites for hydroxylation is 1. The summed E-state index contributed by atoms with van der Waals surface area (Å²) in [6.07, 6.45) is 7.01. The normalized spacial score (nSPS) is 23.2. The predicted octanol–water partition coefficient (Wildman–Crippen LogP) is 3.18. The van der Waals surface area contributed by atoms with E-state index in [2.05, 4.69) is 26.0 Å². The van der Waals surface area contributed by atoms with Gasteiger partial charge < -0.3 is 19.1 Å². The van der Waals surface area contributed by atoms with Crippen LogP contribution >= 0.6 is 0 Å². The quantitative estimate of drug-likeness (QED) is 0.745. The number of rotatable bonds is 4. The second kappa shape index (κ2) is 8.15. The number of hydrogen-bond acceptors (Lipinski definition) is 7. The molecule has 1 spiro atoms. The van der Waals surface area contributed by atoms with Gasteiger partial charge >= 0.3 is 6.09 Å². The fourth-order valence-electron chi connectivity index (χ4n) is 5.56. The van der Waals surface area contributed by atoms with Crippen LogP contribution in [0.25, 0.3) is 11.3 Å². The monoisotopic (exact) mass is 425 g/mol. The van der Waals surface area contributed by atoms with Gasteiger partial charge in [0, 0.05) is 68.0 Å². The van der Waals surface area contributed by atoms with E-state index >= 15 is 0 Å². The standard InChI is InChI=1S/C23H31N5O3/c1-3-30-22(29)28-15-23(16-28)7-6-18(13-23)26-9-11-27(12-10-26)21-19(5-4-8-24-21)20-17(2)14-31-25-20/h4-5,8,14,18H,3,6-7,9-13,15-16H2,1-2H3. The highest BCUT2D eigenvalue weighted by Gasteiger charge is 2.51. The Kier molecular flexibility index (Phi) is 5.33. The third kappa shape index (κ3) is 3.78. The fraction of sp³-hybridized carbons (Fsp3) is 0.609. The summed E-state index contributed by atoms with van der Waals surface area (Å²) in [5.41, 5.74) is 3.25. The lowest BCUT2D eigenvalue weighted by molar-refractivity contribution is -0.00294. The molecule has 31 heavy (non-hydrogen) atoms. The van der Waals surface area contributed by atoms with E-state index in [1.54, 1.807) is 6.26 Å². The van der Waals surface area contributed by atoms with Crippen molar-refractivity contribution in [3.8, 4) is 11.3 Å². The van der Waals surface area contributed by atoms with Crippen LogP contribution in [0, 0.1) is 12.3 Å². The van der Waals surface area contributed by atoms with Crippen molar-refractivity contribution < 1.29 is 14.1 Å². The zero-order valence-corrected chi connectivity index (χ0v) is 18.4. The molecule has 2 saturated heterocycles. The van der Waals surface area contributed by atoms with Gasteiger partial charge in [-0.1, -0.05) is 5.16 Å². The highest BCUT2D eigenvalue weighted by molar-refractivity contribution is 5.75. The Morgan fingerprint density at radius 3 is 2.81 bits per heavy atom. The molecule has 5 rings (SSSR count). The van der Waals surface area contributed by atoms with Crippen molar-refractivity contribution in [1.29, 1.82) is 0 Å². The van der Waals surface area contributed by atoms with E-state index in [1.807, 2.05) is 31.0 Å². The molecular weight excluding hydrogens is 394 g/mol. The first-order valence-electron chi connectivity index (χ1n) is 11.4. The lowest BCUT2D eigenvalue weighted by Crippen LogP contribution is -2.58. The Morgan fingerprint density at radius 2 is 2.10 bits per heavy atom. The van der Waals surface area contributed by atoms with Gasteiger partial charge in [0.1, 0.15) is 17.8 Å². The SMILES string of the molecule is CCOC(=O)N1CC2(CCC(N3CCN(c4ncccc4-c4nocc4C)CC3)C2)C1. The minimum absolute atomic E-state index is 0.154. The van der Waals surface area contributed by atoms with Crippen LogP contribution in [0.4, 0.5) is 10.6 Å². The van der Waals surface area contributed by atoms with Crippen LogP contribution in [-0.2, 0) is 4.74 Å². The van der Waals surface area contributed by atoms with E-state index < -0.39 is 0 Å². The largest absolute Gasteiger partial charge is 0.450 e. The average molecular weight is 426 g/mol. The topological polar surface area (TPSA) is 74.9 Å². The molecule has 8 heteroatoms. The number of aromatic nitrogens is 2. The second-order valence-corrected chi connectivity index (χ2v) is 9.20. The Balaban J connectivity index is 1.18. The number of piperazine rings is 1. The summed E-state index contributed by atoms with van der Waals surface area (Å²) in [5.74, 6) is 0.992. The lowest BCUT2D eigenvalue weighted by Gasteiger charge is -2.48. The van der Waals surface area contributed by atoms with E-state index in [0.29, 0.717) is 18.1 Å². The Bertz CT molecular complexity index is 931. The number of carbonyl (C=O) groups is 1. The number of pyridine rings is 1. The summed E-state index contributed by atoms with van der Waals surface area (Å²) in [7, 11) is 0. The molecule has 4 heterocycles. The summed E-state index contributed by atoms with van der Waals surface area (Å²) in [4.78, 5) is 23.5. The van der Waals surface area contributed by atoms with Crippen LogP contribution in [0.5, 0.6) is 0 Å². The predicted molar refractivity (Wildman–Crippen MR) is 117 cm³/mol. The van der Waals surface area contributed by atoms with Gasteiger partial charge in [0.05, 0.1) is 6.61 Å². The molecule has 1 amide bonds. The third-order valence-electron chi connectivity index (χ3n) is 7.17. The summed E-state index contributed by atoms with van der Waals surface area (Å²) in [6.45, 7) is 10.0. The van der Waals surface area contributed by atoms with Crippen LogP contribution in [0.2, 0.25) is 0 Å². The van der Waals surface area contributed by atoms with Crippen molar-refractivity contribution in [2.45, 2.75) is 39.2 Å². The number of anilines is 1. The van der Waals surface area contributed by atoms with Crippen LogP contribution in [0.3, 0.4) is 0 Å².